The Morgan fingerprint density at radius 2 is 1.70 bits per heavy atom. The van der Waals surface area contributed by atoms with E-state index in [1.807, 2.05) is 30.3 Å². The van der Waals surface area contributed by atoms with Crippen LogP contribution in [0.5, 0.6) is 0 Å². The number of nitrogens with zero attached hydrogens (tertiary/aromatic N) is 2. The first-order valence-corrected chi connectivity index (χ1v) is 11.4. The van der Waals surface area contributed by atoms with Gasteiger partial charge in [0.05, 0.1) is 24.2 Å². The Morgan fingerprint density at radius 3 is 2.27 bits per heavy atom. The molecule has 1 aromatic heterocycles. The maximum absolute atomic E-state index is 12.3. The molecule has 7 heteroatoms. The van der Waals surface area contributed by atoms with Crippen LogP contribution in [0.25, 0.3) is 5.69 Å². The monoisotopic (exact) mass is 433 g/mol. The number of nitrogens with one attached hydrogen (secondary N) is 1. The molecule has 6 nitrogen and oxygen atoms in total. The third kappa shape index (κ3) is 7.74. The van der Waals surface area contributed by atoms with Gasteiger partial charge < -0.3 is 14.8 Å². The third-order valence-electron chi connectivity index (χ3n) is 4.94. The van der Waals surface area contributed by atoms with Crippen molar-refractivity contribution in [3.05, 3.63) is 51.9 Å². The molecule has 0 bridgehead atoms. The molecule has 1 atom stereocenters. The Kier molecular flexibility index (Phi) is 9.67. The van der Waals surface area contributed by atoms with Gasteiger partial charge >= 0.3 is 0 Å². The van der Waals surface area contributed by atoms with Gasteiger partial charge in [0, 0.05) is 26.4 Å². The summed E-state index contributed by atoms with van der Waals surface area (Å²) in [4.78, 5) is 12.3. The molecule has 3 aliphatic rings. The lowest BCUT2D eigenvalue weighted by Crippen LogP contribution is -2.26. The number of ether oxygens (including phenoxy) is 2. The van der Waals surface area contributed by atoms with Crippen molar-refractivity contribution in [2.45, 2.75) is 44.9 Å². The smallest absolute Gasteiger partial charge is 0.292 e. The van der Waals surface area contributed by atoms with Crippen LogP contribution in [0.15, 0.2) is 41.3 Å². The summed E-state index contributed by atoms with van der Waals surface area (Å²) in [6, 6.07) is 9.23. The van der Waals surface area contributed by atoms with Crippen LogP contribution in [0.1, 0.15) is 44.9 Å². The van der Waals surface area contributed by atoms with E-state index in [1.165, 1.54) is 36.8 Å². The van der Waals surface area contributed by atoms with Crippen LogP contribution in [0.4, 0.5) is 5.69 Å². The fraction of sp³-hybridized carbons (Fsp3) is 0.565. The van der Waals surface area contributed by atoms with E-state index >= 15 is 0 Å². The van der Waals surface area contributed by atoms with Crippen molar-refractivity contribution in [3.8, 4) is 5.69 Å². The minimum atomic E-state index is -0.322. The van der Waals surface area contributed by atoms with Crippen molar-refractivity contribution in [1.82, 2.24) is 9.78 Å². The first-order chi connectivity index (χ1) is 14.8. The average molecular weight is 434 g/mol. The Bertz CT molecular complexity index is 791. The highest BCUT2D eigenvalue weighted by molar-refractivity contribution is 6.32. The van der Waals surface area contributed by atoms with Gasteiger partial charge in [-0.3, -0.25) is 4.79 Å². The summed E-state index contributed by atoms with van der Waals surface area (Å²) < 4.78 is 11.7. The van der Waals surface area contributed by atoms with Gasteiger partial charge in [-0.25, -0.2) is 0 Å². The van der Waals surface area contributed by atoms with E-state index in [0.29, 0.717) is 17.3 Å². The molecule has 164 valence electrons. The van der Waals surface area contributed by atoms with Gasteiger partial charge in [-0.15, -0.1) is 0 Å². The van der Waals surface area contributed by atoms with Crippen molar-refractivity contribution in [3.63, 3.8) is 0 Å². The number of benzene rings is 1. The fourth-order valence-corrected chi connectivity index (χ4v) is 3.24. The number of hydrogen-bond donors (Lipinski definition) is 1. The van der Waals surface area contributed by atoms with E-state index in [0.717, 1.165) is 45.8 Å². The van der Waals surface area contributed by atoms with Crippen LogP contribution >= 0.6 is 11.6 Å². The first kappa shape index (κ1) is 22.8. The zero-order chi connectivity index (χ0) is 21.0. The van der Waals surface area contributed by atoms with Crippen LogP contribution in [0.2, 0.25) is 5.02 Å². The molecular formula is C23H32ClN3O3. The van der Waals surface area contributed by atoms with Crippen molar-refractivity contribution < 1.29 is 9.47 Å². The van der Waals surface area contributed by atoms with Crippen molar-refractivity contribution in [2.75, 3.05) is 38.3 Å². The van der Waals surface area contributed by atoms with Gasteiger partial charge in [0.15, 0.2) is 0 Å². The normalized spacial score (nSPS) is 19.7. The highest BCUT2D eigenvalue weighted by Crippen LogP contribution is 2.19. The first-order valence-electron chi connectivity index (χ1n) is 11.0. The van der Waals surface area contributed by atoms with Gasteiger partial charge in [0.2, 0.25) is 0 Å². The van der Waals surface area contributed by atoms with E-state index in [2.05, 4.69) is 10.4 Å². The lowest BCUT2D eigenvalue weighted by molar-refractivity contribution is 0.0595. The molecule has 3 fully saturated rings. The SMILES string of the molecule is C1CC1.C1CCOC1.O=c1c(Cl)c(NCC2CCCOC2)cnn1-c1ccccc1. The van der Waals surface area contributed by atoms with Crippen molar-refractivity contribution in [1.29, 1.82) is 0 Å². The Balaban J connectivity index is 0.000000265. The Morgan fingerprint density at radius 1 is 1.00 bits per heavy atom. The second-order valence-corrected chi connectivity index (χ2v) is 8.15. The molecule has 2 aromatic rings. The summed E-state index contributed by atoms with van der Waals surface area (Å²) in [6.45, 7) is 4.32. The Labute approximate surface area is 183 Å². The molecule has 1 N–H and O–H groups in total. The van der Waals surface area contributed by atoms with Gasteiger partial charge in [0.25, 0.3) is 5.56 Å². The molecule has 1 saturated carbocycles. The van der Waals surface area contributed by atoms with E-state index in [-0.39, 0.29) is 10.6 Å². The number of hydrogen-bond acceptors (Lipinski definition) is 5. The molecule has 2 saturated heterocycles. The zero-order valence-electron chi connectivity index (χ0n) is 17.5. The summed E-state index contributed by atoms with van der Waals surface area (Å²) in [7, 11) is 0. The van der Waals surface area contributed by atoms with E-state index < -0.39 is 0 Å². The molecule has 0 radical (unpaired) electrons. The minimum Gasteiger partial charge on any atom is -0.382 e. The second kappa shape index (κ2) is 12.7. The molecular weight excluding hydrogens is 402 g/mol. The highest BCUT2D eigenvalue weighted by atomic mass is 35.5. The summed E-state index contributed by atoms with van der Waals surface area (Å²) in [5.41, 5.74) is 0.948. The van der Waals surface area contributed by atoms with Crippen LogP contribution in [0.3, 0.4) is 0 Å². The van der Waals surface area contributed by atoms with Gasteiger partial charge in [-0.2, -0.15) is 9.78 Å². The average Bonchev–Trinajstić information content (AvgIpc) is 3.56. The molecule has 2 aliphatic heterocycles. The van der Waals surface area contributed by atoms with E-state index in [4.69, 9.17) is 21.1 Å². The van der Waals surface area contributed by atoms with E-state index in [1.54, 1.807) is 6.20 Å². The number of para-hydroxylation sites is 1. The van der Waals surface area contributed by atoms with Crippen LogP contribution in [-0.2, 0) is 9.47 Å². The Hall–Kier alpha value is -1.89. The number of halogens is 1. The number of aromatic nitrogens is 2. The van der Waals surface area contributed by atoms with Crippen molar-refractivity contribution in [2.24, 2.45) is 5.92 Å². The highest BCUT2D eigenvalue weighted by Gasteiger charge is 2.15. The maximum atomic E-state index is 12.3. The quantitative estimate of drug-likeness (QED) is 0.757. The molecule has 1 aliphatic carbocycles. The minimum absolute atomic E-state index is 0.163. The third-order valence-corrected chi connectivity index (χ3v) is 5.30. The lowest BCUT2D eigenvalue weighted by Gasteiger charge is -2.22. The second-order valence-electron chi connectivity index (χ2n) is 7.77. The number of rotatable bonds is 4. The predicted octanol–water partition coefficient (Wildman–Crippen LogP) is 4.69. The van der Waals surface area contributed by atoms with E-state index in [9.17, 15) is 4.79 Å². The molecule has 30 heavy (non-hydrogen) atoms. The van der Waals surface area contributed by atoms with Gasteiger partial charge in [0.1, 0.15) is 5.02 Å². The maximum Gasteiger partial charge on any atom is 0.292 e. The topological polar surface area (TPSA) is 65.4 Å². The fourth-order valence-electron chi connectivity index (χ4n) is 3.04. The zero-order valence-corrected chi connectivity index (χ0v) is 18.3. The van der Waals surface area contributed by atoms with Gasteiger partial charge in [-0.1, -0.05) is 49.1 Å². The summed E-state index contributed by atoms with van der Waals surface area (Å²) in [5.74, 6) is 0.446. The summed E-state index contributed by atoms with van der Waals surface area (Å²) in [5, 5.41) is 7.58. The van der Waals surface area contributed by atoms with Crippen LogP contribution in [-0.4, -0.2) is 42.8 Å². The predicted molar refractivity (Wildman–Crippen MR) is 121 cm³/mol. The molecule has 1 aromatic carbocycles. The van der Waals surface area contributed by atoms with Crippen LogP contribution < -0.4 is 10.9 Å². The van der Waals surface area contributed by atoms with Crippen molar-refractivity contribution >= 4 is 17.3 Å². The molecule has 3 heterocycles. The molecule has 5 rings (SSSR count). The molecule has 0 spiro atoms. The number of anilines is 1. The summed E-state index contributed by atoms with van der Waals surface area (Å²) >= 11 is 6.20. The molecule has 1 unspecified atom stereocenters. The van der Waals surface area contributed by atoms with Gasteiger partial charge in [-0.05, 0) is 43.7 Å². The lowest BCUT2D eigenvalue weighted by atomic mass is 10.0. The summed E-state index contributed by atoms with van der Waals surface area (Å²) in [6.07, 6.45) is 10.9. The molecule has 0 amide bonds. The van der Waals surface area contributed by atoms with Crippen LogP contribution in [0, 0.1) is 5.92 Å². The largest absolute Gasteiger partial charge is 0.382 e. The standard InChI is InChI=1S/C16H18ClN3O2.C4H8O.C3H6/c17-15-14(18-9-12-5-4-8-22-11-12)10-19-20(16(15)21)13-6-2-1-3-7-13;1-2-4-5-3-1;1-2-3-1/h1-3,6-7,10,12,18H,4-5,8-9,11H2;1-4H2;1-3H2.